The zero-order valence-electron chi connectivity index (χ0n) is 7.69. The molecule has 0 bridgehead atoms. The standard InChI is InChI=1S/C8H6ClFN4O/c1-14-4-5(2-12-14)15-7-6(10)3-11-8(9)13-7/h2-4H,1H3. The minimum Gasteiger partial charge on any atom is -0.433 e. The van der Waals surface area contributed by atoms with Gasteiger partial charge >= 0.3 is 0 Å². The molecule has 2 heterocycles. The Kier molecular flexibility index (Phi) is 2.51. The van der Waals surface area contributed by atoms with Crippen LogP contribution in [0, 0.1) is 5.82 Å². The average Bonchev–Trinajstić information content (AvgIpc) is 2.58. The number of hydrogen-bond acceptors (Lipinski definition) is 4. The molecule has 0 aliphatic heterocycles. The molecule has 7 heteroatoms. The van der Waals surface area contributed by atoms with Gasteiger partial charge in [-0.05, 0) is 11.6 Å². The van der Waals surface area contributed by atoms with Crippen LogP contribution < -0.4 is 4.74 Å². The third-order valence-electron chi connectivity index (χ3n) is 1.58. The molecule has 2 rings (SSSR count). The number of ether oxygens (including phenoxy) is 1. The maximum Gasteiger partial charge on any atom is 0.260 e. The highest BCUT2D eigenvalue weighted by Crippen LogP contribution is 2.21. The Morgan fingerprint density at radius 3 is 2.93 bits per heavy atom. The molecule has 0 amide bonds. The van der Waals surface area contributed by atoms with Gasteiger partial charge in [0.1, 0.15) is 0 Å². The molecule has 78 valence electrons. The van der Waals surface area contributed by atoms with E-state index in [1.165, 1.54) is 10.9 Å². The third-order valence-corrected chi connectivity index (χ3v) is 1.76. The van der Waals surface area contributed by atoms with Crippen LogP contribution in [-0.4, -0.2) is 19.7 Å². The van der Waals surface area contributed by atoms with Gasteiger partial charge in [0.25, 0.3) is 5.88 Å². The number of halogens is 2. The van der Waals surface area contributed by atoms with Crippen molar-refractivity contribution in [2.45, 2.75) is 0 Å². The fourth-order valence-electron chi connectivity index (χ4n) is 0.966. The zero-order valence-corrected chi connectivity index (χ0v) is 8.44. The fraction of sp³-hybridized carbons (Fsp3) is 0.125. The molecule has 0 fully saturated rings. The van der Waals surface area contributed by atoms with Crippen LogP contribution in [0.3, 0.4) is 0 Å². The van der Waals surface area contributed by atoms with Crippen molar-refractivity contribution >= 4 is 11.6 Å². The van der Waals surface area contributed by atoms with E-state index in [0.717, 1.165) is 6.20 Å². The molecular formula is C8H6ClFN4O. The van der Waals surface area contributed by atoms with E-state index < -0.39 is 5.82 Å². The maximum absolute atomic E-state index is 13.1. The predicted octanol–water partition coefficient (Wildman–Crippen LogP) is 1.79. The molecule has 0 aromatic carbocycles. The van der Waals surface area contributed by atoms with Crippen molar-refractivity contribution in [2.75, 3.05) is 0 Å². The summed E-state index contributed by atoms with van der Waals surface area (Å²) in [6.07, 6.45) is 3.96. The van der Waals surface area contributed by atoms with Gasteiger partial charge in [-0.25, -0.2) is 4.98 Å². The molecule has 0 N–H and O–H groups in total. The Balaban J connectivity index is 2.27. The molecule has 0 aliphatic carbocycles. The summed E-state index contributed by atoms with van der Waals surface area (Å²) in [5.41, 5.74) is 0. The molecule has 2 aromatic rings. The van der Waals surface area contributed by atoms with E-state index in [9.17, 15) is 4.39 Å². The molecule has 0 saturated carbocycles. The predicted molar refractivity (Wildman–Crippen MR) is 50.3 cm³/mol. The monoisotopic (exact) mass is 228 g/mol. The Hall–Kier alpha value is -1.69. The van der Waals surface area contributed by atoms with Crippen molar-refractivity contribution in [3.63, 3.8) is 0 Å². The number of rotatable bonds is 2. The highest BCUT2D eigenvalue weighted by molar-refractivity contribution is 6.28. The number of nitrogens with zero attached hydrogens (tertiary/aromatic N) is 4. The zero-order chi connectivity index (χ0) is 10.8. The number of aromatic nitrogens is 4. The molecule has 0 radical (unpaired) electrons. The first-order chi connectivity index (χ1) is 7.15. The first-order valence-corrected chi connectivity index (χ1v) is 4.37. The Bertz CT molecular complexity index is 487. The fourth-order valence-corrected chi connectivity index (χ4v) is 1.09. The minimum absolute atomic E-state index is 0.0738. The van der Waals surface area contributed by atoms with Crippen LogP contribution in [0.1, 0.15) is 0 Å². The first kappa shape index (κ1) is 9.85. The number of aryl methyl sites for hydroxylation is 1. The van der Waals surface area contributed by atoms with Crippen molar-refractivity contribution < 1.29 is 9.13 Å². The van der Waals surface area contributed by atoms with E-state index in [1.807, 2.05) is 0 Å². The summed E-state index contributed by atoms with van der Waals surface area (Å²) in [7, 11) is 1.72. The van der Waals surface area contributed by atoms with Gasteiger partial charge in [-0.1, -0.05) is 0 Å². The van der Waals surface area contributed by atoms with E-state index in [2.05, 4.69) is 15.1 Å². The topological polar surface area (TPSA) is 52.8 Å². The van der Waals surface area contributed by atoms with Crippen molar-refractivity contribution in [1.82, 2.24) is 19.7 Å². The summed E-state index contributed by atoms with van der Waals surface area (Å²) in [5, 5.41) is 3.78. The van der Waals surface area contributed by atoms with Crippen LogP contribution in [0.15, 0.2) is 18.6 Å². The first-order valence-electron chi connectivity index (χ1n) is 3.99. The number of hydrogen-bond donors (Lipinski definition) is 0. The van der Waals surface area contributed by atoms with Gasteiger partial charge in [0.15, 0.2) is 5.75 Å². The van der Waals surface area contributed by atoms with Crippen LogP contribution in [0.5, 0.6) is 11.6 Å². The molecule has 0 unspecified atom stereocenters. The van der Waals surface area contributed by atoms with E-state index in [4.69, 9.17) is 16.3 Å². The normalized spacial score (nSPS) is 10.3. The van der Waals surface area contributed by atoms with Gasteiger partial charge in [0.05, 0.1) is 18.6 Å². The second kappa shape index (κ2) is 3.82. The lowest BCUT2D eigenvalue weighted by Gasteiger charge is -2.01. The van der Waals surface area contributed by atoms with Gasteiger partial charge in [0.2, 0.25) is 11.1 Å². The van der Waals surface area contributed by atoms with Crippen LogP contribution in [0.2, 0.25) is 5.28 Å². The van der Waals surface area contributed by atoms with Crippen molar-refractivity contribution in [3.8, 4) is 11.6 Å². The Morgan fingerprint density at radius 1 is 1.47 bits per heavy atom. The van der Waals surface area contributed by atoms with Crippen LogP contribution in [-0.2, 0) is 7.05 Å². The van der Waals surface area contributed by atoms with Crippen LogP contribution in [0.4, 0.5) is 4.39 Å². The molecule has 0 saturated heterocycles. The molecule has 0 spiro atoms. The summed E-state index contributed by atoms with van der Waals surface area (Å²) in [4.78, 5) is 7.06. The molecular weight excluding hydrogens is 223 g/mol. The van der Waals surface area contributed by atoms with Crippen LogP contribution >= 0.6 is 11.6 Å². The summed E-state index contributed by atoms with van der Waals surface area (Å²) in [5.74, 6) is -0.516. The second-order valence-electron chi connectivity index (χ2n) is 2.74. The highest BCUT2D eigenvalue weighted by atomic mass is 35.5. The van der Waals surface area contributed by atoms with Crippen molar-refractivity contribution in [3.05, 3.63) is 29.7 Å². The molecule has 0 atom stereocenters. The van der Waals surface area contributed by atoms with Gasteiger partial charge < -0.3 is 4.74 Å². The third kappa shape index (κ3) is 2.21. The SMILES string of the molecule is Cn1cc(Oc2nc(Cl)ncc2F)cn1. The van der Waals surface area contributed by atoms with Crippen molar-refractivity contribution in [2.24, 2.45) is 7.05 Å². The largest absolute Gasteiger partial charge is 0.433 e. The Morgan fingerprint density at radius 2 is 2.27 bits per heavy atom. The van der Waals surface area contributed by atoms with E-state index in [0.29, 0.717) is 5.75 Å². The molecule has 15 heavy (non-hydrogen) atoms. The quantitative estimate of drug-likeness (QED) is 0.736. The van der Waals surface area contributed by atoms with E-state index in [-0.39, 0.29) is 11.2 Å². The highest BCUT2D eigenvalue weighted by Gasteiger charge is 2.09. The second-order valence-corrected chi connectivity index (χ2v) is 3.08. The summed E-state index contributed by atoms with van der Waals surface area (Å²) in [6.45, 7) is 0. The van der Waals surface area contributed by atoms with Crippen LogP contribution in [0.25, 0.3) is 0 Å². The summed E-state index contributed by atoms with van der Waals surface area (Å²) in [6, 6.07) is 0. The minimum atomic E-state index is -0.678. The van der Waals surface area contributed by atoms with Crippen molar-refractivity contribution in [1.29, 1.82) is 0 Å². The smallest absolute Gasteiger partial charge is 0.260 e. The molecule has 2 aromatic heterocycles. The Labute approximate surface area is 89.5 Å². The van der Waals surface area contributed by atoms with Gasteiger partial charge in [-0.2, -0.15) is 14.5 Å². The maximum atomic E-state index is 13.1. The average molecular weight is 229 g/mol. The van der Waals surface area contributed by atoms with E-state index >= 15 is 0 Å². The summed E-state index contributed by atoms with van der Waals surface area (Å²) >= 11 is 5.50. The molecule has 5 nitrogen and oxygen atoms in total. The van der Waals surface area contributed by atoms with E-state index in [1.54, 1.807) is 13.2 Å². The lowest BCUT2D eigenvalue weighted by atomic mass is 10.6. The lowest BCUT2D eigenvalue weighted by molar-refractivity contribution is 0.419. The molecule has 0 aliphatic rings. The lowest BCUT2D eigenvalue weighted by Crippen LogP contribution is -1.93. The van der Waals surface area contributed by atoms with Gasteiger partial charge in [0, 0.05) is 7.05 Å². The summed E-state index contributed by atoms with van der Waals surface area (Å²) < 4.78 is 19.8. The van der Waals surface area contributed by atoms with Gasteiger partial charge in [-0.3, -0.25) is 4.68 Å². The van der Waals surface area contributed by atoms with Gasteiger partial charge in [-0.15, -0.1) is 0 Å².